The van der Waals surface area contributed by atoms with Gasteiger partial charge in [0.25, 0.3) is 0 Å². The number of anilines is 2. The summed E-state index contributed by atoms with van der Waals surface area (Å²) in [7, 11) is 0. The molecule has 38 heavy (non-hydrogen) atoms. The van der Waals surface area contributed by atoms with Crippen molar-refractivity contribution >= 4 is 38.8 Å². The molecule has 188 valence electrons. The minimum atomic E-state index is 0.156. The van der Waals surface area contributed by atoms with Gasteiger partial charge in [-0.05, 0) is 89.1 Å². The van der Waals surface area contributed by atoms with Gasteiger partial charge < -0.3 is 15.6 Å². The Morgan fingerprint density at radius 2 is 1.68 bits per heavy atom. The maximum absolute atomic E-state index is 6.35. The number of hydrogen-bond donors (Lipinski definition) is 2. The predicted molar refractivity (Wildman–Crippen MR) is 162 cm³/mol. The molecule has 0 spiro atoms. The summed E-state index contributed by atoms with van der Waals surface area (Å²) in [6, 6.07) is 28.7. The van der Waals surface area contributed by atoms with E-state index in [4.69, 9.17) is 5.73 Å². The van der Waals surface area contributed by atoms with Crippen molar-refractivity contribution in [3.8, 4) is 11.1 Å². The minimum absolute atomic E-state index is 0.156. The van der Waals surface area contributed by atoms with Crippen LogP contribution in [0.1, 0.15) is 49.4 Å². The average molecular weight is 496 g/mol. The third-order valence-electron chi connectivity index (χ3n) is 8.47. The number of rotatable bonds is 6. The van der Waals surface area contributed by atoms with Crippen LogP contribution < -0.4 is 11.1 Å². The van der Waals surface area contributed by atoms with Crippen molar-refractivity contribution in [2.45, 2.75) is 45.7 Å². The van der Waals surface area contributed by atoms with Gasteiger partial charge in [0.05, 0.1) is 22.9 Å². The van der Waals surface area contributed by atoms with Gasteiger partial charge in [0.1, 0.15) is 0 Å². The lowest BCUT2D eigenvalue weighted by molar-refractivity contribution is 0.686. The van der Waals surface area contributed by atoms with Crippen LogP contribution in [-0.4, -0.2) is 4.57 Å². The fraction of sp³-hybridized carbons (Fsp3) is 0.200. The Labute approximate surface area is 224 Å². The average Bonchev–Trinajstić information content (AvgIpc) is 3.66. The lowest BCUT2D eigenvalue weighted by Gasteiger charge is -2.19. The molecule has 0 amide bonds. The molecule has 0 radical (unpaired) electrons. The van der Waals surface area contributed by atoms with Crippen LogP contribution in [0.15, 0.2) is 96.6 Å². The van der Waals surface area contributed by atoms with Crippen LogP contribution in [0.3, 0.4) is 0 Å². The van der Waals surface area contributed by atoms with Crippen LogP contribution in [-0.2, 0) is 13.0 Å². The molecule has 0 fully saturated rings. The Morgan fingerprint density at radius 1 is 0.868 bits per heavy atom. The second-order valence-electron chi connectivity index (χ2n) is 10.6. The molecule has 0 bridgehead atoms. The third-order valence-corrected chi connectivity index (χ3v) is 8.47. The number of fused-ring (bicyclic) bond motifs is 3. The maximum atomic E-state index is 6.35. The Balaban J connectivity index is 1.48. The van der Waals surface area contributed by atoms with Gasteiger partial charge >= 0.3 is 0 Å². The number of nitrogens with zero attached hydrogens (tertiary/aromatic N) is 1. The normalized spacial score (nSPS) is 16.3. The van der Waals surface area contributed by atoms with Gasteiger partial charge in [-0.3, -0.25) is 0 Å². The van der Waals surface area contributed by atoms with E-state index in [1.165, 1.54) is 60.8 Å². The van der Waals surface area contributed by atoms with Gasteiger partial charge in [-0.25, -0.2) is 0 Å². The van der Waals surface area contributed by atoms with E-state index in [9.17, 15) is 0 Å². The summed E-state index contributed by atoms with van der Waals surface area (Å²) in [5.41, 5.74) is 20.5. The zero-order valence-electron chi connectivity index (χ0n) is 22.1. The molecule has 1 unspecified atom stereocenters. The number of aromatic nitrogens is 1. The van der Waals surface area contributed by atoms with Crippen molar-refractivity contribution in [1.29, 1.82) is 0 Å². The highest BCUT2D eigenvalue weighted by Crippen LogP contribution is 2.45. The zero-order valence-corrected chi connectivity index (χ0v) is 22.1. The lowest BCUT2D eigenvalue weighted by Crippen LogP contribution is -2.13. The summed E-state index contributed by atoms with van der Waals surface area (Å²) in [6.07, 6.45) is 7.78. The summed E-state index contributed by atoms with van der Waals surface area (Å²) in [5, 5.41) is 6.48. The van der Waals surface area contributed by atoms with Gasteiger partial charge in [-0.15, -0.1) is 0 Å². The number of hydrogen-bond acceptors (Lipinski definition) is 2. The largest absolute Gasteiger partial charge is 0.397 e. The van der Waals surface area contributed by atoms with Gasteiger partial charge in [0.2, 0.25) is 0 Å². The van der Waals surface area contributed by atoms with E-state index in [2.05, 4.69) is 96.5 Å². The molecule has 1 atom stereocenters. The van der Waals surface area contributed by atoms with Crippen LogP contribution >= 0.6 is 0 Å². The molecule has 3 N–H and O–H groups in total. The molecular weight excluding hydrogens is 462 g/mol. The molecule has 3 nitrogen and oxygen atoms in total. The number of nitrogens with one attached hydrogen (secondary N) is 1. The second-order valence-corrected chi connectivity index (χ2v) is 10.6. The number of benzene rings is 4. The van der Waals surface area contributed by atoms with E-state index >= 15 is 0 Å². The molecule has 2 heterocycles. The molecule has 3 heteroatoms. The molecule has 1 aliphatic heterocycles. The van der Waals surface area contributed by atoms with E-state index in [1.807, 2.05) is 18.2 Å². The predicted octanol–water partition coefficient (Wildman–Crippen LogP) is 8.90. The zero-order chi connectivity index (χ0) is 25.8. The van der Waals surface area contributed by atoms with E-state index in [0.29, 0.717) is 0 Å². The number of nitrogens with two attached hydrogens (primary N) is 1. The first-order valence-electron chi connectivity index (χ1n) is 13.8. The van der Waals surface area contributed by atoms with Gasteiger partial charge in [0.15, 0.2) is 0 Å². The van der Waals surface area contributed by atoms with E-state index in [0.717, 1.165) is 37.2 Å². The maximum Gasteiger partial charge on any atom is 0.0714 e. The van der Waals surface area contributed by atoms with Crippen LogP contribution in [0.5, 0.6) is 0 Å². The highest BCUT2D eigenvalue weighted by atomic mass is 15.1. The monoisotopic (exact) mass is 495 g/mol. The molecule has 0 saturated carbocycles. The smallest absolute Gasteiger partial charge is 0.0714 e. The fourth-order valence-electron chi connectivity index (χ4n) is 6.57. The Kier molecular flexibility index (Phi) is 5.40. The minimum Gasteiger partial charge on any atom is -0.397 e. The molecular formula is C35H33N3. The fourth-order valence-corrected chi connectivity index (χ4v) is 6.57. The Bertz CT molecular complexity index is 1770. The first kappa shape index (κ1) is 22.9. The van der Waals surface area contributed by atoms with Crippen molar-refractivity contribution in [3.63, 3.8) is 0 Å². The molecule has 2 aliphatic rings. The van der Waals surface area contributed by atoms with Crippen molar-refractivity contribution in [1.82, 2.24) is 4.57 Å². The third kappa shape index (κ3) is 3.49. The Hall–Kier alpha value is -4.24. The molecule has 1 aromatic heterocycles. The molecule has 0 saturated heterocycles. The Morgan fingerprint density at radius 3 is 2.47 bits per heavy atom. The highest BCUT2D eigenvalue weighted by molar-refractivity contribution is 6.12. The summed E-state index contributed by atoms with van der Waals surface area (Å²) < 4.78 is 2.54. The first-order chi connectivity index (χ1) is 18.7. The lowest BCUT2D eigenvalue weighted by atomic mass is 9.91. The molecule has 7 rings (SSSR count). The number of para-hydroxylation sites is 2. The number of nitrogen functional groups attached to an aromatic ring is 1. The standard InChI is InChI=1S/C35H33N3/c1-3-22-13-10-14-26(22)27-20-28-29-17-25(24-11-6-5-7-12-24)18-30-33(37-32-16-9-8-15-31(32)36)21-38(35(29)30)34(28)19-23(27)4-2/h5-13,15-20,33,37H,3-4,14,21,36H2,1-2H3. The quantitative estimate of drug-likeness (QED) is 0.231. The highest BCUT2D eigenvalue weighted by Gasteiger charge is 2.29. The van der Waals surface area contributed by atoms with Crippen molar-refractivity contribution < 1.29 is 0 Å². The number of aryl methyl sites for hydroxylation is 1. The van der Waals surface area contributed by atoms with Crippen molar-refractivity contribution in [2.75, 3.05) is 11.1 Å². The van der Waals surface area contributed by atoms with Gasteiger partial charge in [-0.1, -0.05) is 68.5 Å². The molecule has 1 aliphatic carbocycles. The van der Waals surface area contributed by atoms with Crippen molar-refractivity contribution in [2.24, 2.45) is 0 Å². The number of allylic oxidation sites excluding steroid dienone is 4. The molecule has 4 aromatic carbocycles. The molecule has 5 aromatic rings. The summed E-state index contributed by atoms with van der Waals surface area (Å²) >= 11 is 0. The van der Waals surface area contributed by atoms with Crippen LogP contribution in [0.25, 0.3) is 38.5 Å². The van der Waals surface area contributed by atoms with Crippen LogP contribution in [0.4, 0.5) is 11.4 Å². The van der Waals surface area contributed by atoms with Crippen LogP contribution in [0, 0.1) is 0 Å². The van der Waals surface area contributed by atoms with Crippen LogP contribution in [0.2, 0.25) is 0 Å². The topological polar surface area (TPSA) is 43.0 Å². The second kappa shape index (κ2) is 8.95. The van der Waals surface area contributed by atoms with Gasteiger partial charge in [-0.2, -0.15) is 0 Å². The summed E-state index contributed by atoms with van der Waals surface area (Å²) in [5.74, 6) is 0. The first-order valence-corrected chi connectivity index (χ1v) is 13.8. The summed E-state index contributed by atoms with van der Waals surface area (Å²) in [4.78, 5) is 0. The van der Waals surface area contributed by atoms with E-state index in [-0.39, 0.29) is 6.04 Å². The van der Waals surface area contributed by atoms with E-state index in [1.54, 1.807) is 0 Å². The SMILES string of the molecule is CCC1=C(c2cc3c4cc(-c5ccccc5)cc5c4n(c3cc2CC)CC5Nc2ccccc2N)CC=C1. The van der Waals surface area contributed by atoms with Gasteiger partial charge in [0, 0.05) is 28.4 Å². The van der Waals surface area contributed by atoms with E-state index < -0.39 is 0 Å². The summed E-state index contributed by atoms with van der Waals surface area (Å²) in [6.45, 7) is 5.44. The van der Waals surface area contributed by atoms with Crippen molar-refractivity contribution in [3.05, 3.63) is 113 Å².